The summed E-state index contributed by atoms with van der Waals surface area (Å²) < 4.78 is 5.11. The fourth-order valence-electron chi connectivity index (χ4n) is 2.04. The van der Waals surface area contributed by atoms with Gasteiger partial charge in [-0.05, 0) is 48.4 Å². The van der Waals surface area contributed by atoms with E-state index in [1.54, 1.807) is 49.6 Å². The van der Waals surface area contributed by atoms with Crippen molar-refractivity contribution in [3.05, 3.63) is 64.2 Å². The van der Waals surface area contributed by atoms with E-state index in [-0.39, 0.29) is 12.5 Å². The van der Waals surface area contributed by atoms with Crippen molar-refractivity contribution in [1.29, 1.82) is 0 Å². The molecule has 1 unspecified atom stereocenters. The molecule has 0 heterocycles. The average molecular weight is 320 g/mol. The number of ether oxygens (including phenoxy) is 1. The Labute approximate surface area is 134 Å². The summed E-state index contributed by atoms with van der Waals surface area (Å²) in [5.41, 5.74) is 2.04. The number of hydrogen-bond donors (Lipinski definition) is 2. The highest BCUT2D eigenvalue weighted by Crippen LogP contribution is 2.19. The van der Waals surface area contributed by atoms with E-state index >= 15 is 0 Å². The minimum absolute atomic E-state index is 0.119. The third-order valence-corrected chi connectivity index (χ3v) is 3.78. The molecule has 0 saturated carbocycles. The van der Waals surface area contributed by atoms with E-state index in [1.165, 1.54) is 0 Å². The number of benzene rings is 2. The number of hydrogen-bond acceptors (Lipinski definition) is 3. The molecule has 0 spiro atoms. The number of aliphatic hydroxyl groups excluding tert-OH is 1. The van der Waals surface area contributed by atoms with E-state index in [1.807, 2.05) is 6.92 Å². The molecular weight excluding hydrogens is 302 g/mol. The lowest BCUT2D eigenvalue weighted by atomic mass is 10.1. The predicted octanol–water partition coefficient (Wildman–Crippen LogP) is 3.12. The van der Waals surface area contributed by atoms with Gasteiger partial charge in [-0.2, -0.15) is 0 Å². The zero-order valence-corrected chi connectivity index (χ0v) is 13.2. The van der Waals surface area contributed by atoms with Crippen LogP contribution in [-0.2, 0) is 0 Å². The molecule has 0 bridgehead atoms. The van der Waals surface area contributed by atoms with Gasteiger partial charge in [0.1, 0.15) is 5.75 Å². The molecule has 22 heavy (non-hydrogen) atoms. The van der Waals surface area contributed by atoms with E-state index < -0.39 is 6.10 Å². The summed E-state index contributed by atoms with van der Waals surface area (Å²) in [6, 6.07) is 12.2. The van der Waals surface area contributed by atoms with E-state index in [0.29, 0.717) is 21.9 Å². The third kappa shape index (κ3) is 4.00. The highest BCUT2D eigenvalue weighted by atomic mass is 35.5. The lowest BCUT2D eigenvalue weighted by Crippen LogP contribution is -2.28. The molecule has 4 nitrogen and oxygen atoms in total. The molecule has 116 valence electrons. The van der Waals surface area contributed by atoms with Gasteiger partial charge in [0, 0.05) is 17.1 Å². The summed E-state index contributed by atoms with van der Waals surface area (Å²) in [4.78, 5) is 12.1. The third-order valence-electron chi connectivity index (χ3n) is 3.35. The van der Waals surface area contributed by atoms with Crippen LogP contribution in [0.2, 0.25) is 5.02 Å². The number of halogens is 1. The van der Waals surface area contributed by atoms with Crippen LogP contribution in [0.1, 0.15) is 27.6 Å². The molecule has 0 saturated heterocycles. The Morgan fingerprint density at radius 3 is 2.77 bits per heavy atom. The monoisotopic (exact) mass is 319 g/mol. The number of nitrogens with one attached hydrogen (secondary N) is 1. The lowest BCUT2D eigenvalue weighted by molar-refractivity contribution is 0.0916. The maximum absolute atomic E-state index is 12.1. The van der Waals surface area contributed by atoms with Gasteiger partial charge >= 0.3 is 0 Å². The van der Waals surface area contributed by atoms with Gasteiger partial charge in [-0.15, -0.1) is 0 Å². The fourth-order valence-corrected chi connectivity index (χ4v) is 2.16. The number of carbonyl (C=O) groups excluding carboxylic acids is 1. The molecule has 0 aliphatic rings. The predicted molar refractivity (Wildman–Crippen MR) is 86.5 cm³/mol. The Hall–Kier alpha value is -2.04. The second-order valence-corrected chi connectivity index (χ2v) is 5.37. The van der Waals surface area contributed by atoms with E-state index in [2.05, 4.69) is 5.32 Å². The van der Waals surface area contributed by atoms with Crippen LogP contribution in [0.15, 0.2) is 42.5 Å². The quantitative estimate of drug-likeness (QED) is 0.890. The molecule has 5 heteroatoms. The van der Waals surface area contributed by atoms with Crippen LogP contribution in [0, 0.1) is 6.92 Å². The summed E-state index contributed by atoms with van der Waals surface area (Å²) in [6.45, 7) is 1.96. The van der Waals surface area contributed by atoms with Crippen molar-refractivity contribution in [2.75, 3.05) is 13.7 Å². The number of aryl methyl sites for hydroxylation is 1. The molecule has 1 atom stereocenters. The number of amides is 1. The first-order valence-electron chi connectivity index (χ1n) is 6.87. The summed E-state index contributed by atoms with van der Waals surface area (Å²) in [5.74, 6) is 0.415. The minimum atomic E-state index is -0.799. The van der Waals surface area contributed by atoms with E-state index in [4.69, 9.17) is 16.3 Å². The normalized spacial score (nSPS) is 11.8. The van der Waals surface area contributed by atoms with Gasteiger partial charge in [-0.1, -0.05) is 23.7 Å². The van der Waals surface area contributed by atoms with Gasteiger partial charge in [-0.25, -0.2) is 0 Å². The molecule has 2 rings (SSSR count). The summed E-state index contributed by atoms with van der Waals surface area (Å²) in [5, 5.41) is 13.5. The van der Waals surface area contributed by atoms with Crippen LogP contribution in [0.25, 0.3) is 0 Å². The molecule has 2 aromatic rings. The molecule has 0 aliphatic heterocycles. The molecule has 0 aromatic heterocycles. The first-order chi connectivity index (χ1) is 10.5. The van der Waals surface area contributed by atoms with Gasteiger partial charge in [0.15, 0.2) is 0 Å². The number of aliphatic hydroxyl groups is 1. The maximum Gasteiger partial charge on any atom is 0.251 e. The van der Waals surface area contributed by atoms with Crippen LogP contribution in [-0.4, -0.2) is 24.7 Å². The van der Waals surface area contributed by atoms with Crippen LogP contribution in [0.3, 0.4) is 0 Å². The summed E-state index contributed by atoms with van der Waals surface area (Å²) in [6.07, 6.45) is -0.799. The molecular formula is C17H18ClNO3. The highest BCUT2D eigenvalue weighted by Gasteiger charge is 2.12. The summed E-state index contributed by atoms with van der Waals surface area (Å²) in [7, 11) is 1.57. The Bertz CT molecular complexity index is 673. The topological polar surface area (TPSA) is 58.6 Å². The second-order valence-electron chi connectivity index (χ2n) is 4.97. The largest absolute Gasteiger partial charge is 0.497 e. The molecule has 0 radical (unpaired) electrons. The number of carbonyl (C=O) groups is 1. The smallest absolute Gasteiger partial charge is 0.251 e. The average Bonchev–Trinajstić information content (AvgIpc) is 2.54. The van der Waals surface area contributed by atoms with Crippen molar-refractivity contribution in [1.82, 2.24) is 5.32 Å². The summed E-state index contributed by atoms with van der Waals surface area (Å²) >= 11 is 5.94. The van der Waals surface area contributed by atoms with Crippen LogP contribution in [0.4, 0.5) is 0 Å². The second kappa shape index (κ2) is 7.29. The van der Waals surface area contributed by atoms with Crippen molar-refractivity contribution >= 4 is 17.5 Å². The molecule has 1 amide bonds. The Morgan fingerprint density at radius 2 is 2.09 bits per heavy atom. The van der Waals surface area contributed by atoms with Crippen LogP contribution in [0.5, 0.6) is 5.75 Å². The number of methoxy groups -OCH3 is 1. The van der Waals surface area contributed by atoms with Crippen molar-refractivity contribution < 1.29 is 14.6 Å². The van der Waals surface area contributed by atoms with E-state index in [9.17, 15) is 9.90 Å². The zero-order chi connectivity index (χ0) is 16.1. The first kappa shape index (κ1) is 16.3. The van der Waals surface area contributed by atoms with Gasteiger partial charge in [0.05, 0.1) is 13.2 Å². The lowest BCUT2D eigenvalue weighted by Gasteiger charge is -2.13. The van der Waals surface area contributed by atoms with Crippen LogP contribution < -0.4 is 10.1 Å². The van der Waals surface area contributed by atoms with Gasteiger partial charge in [0.25, 0.3) is 5.91 Å². The van der Waals surface area contributed by atoms with Crippen molar-refractivity contribution in [2.45, 2.75) is 13.0 Å². The standard InChI is InChI=1S/C17H18ClNO3/c1-11-8-13(6-7-15(11)18)17(21)19-10-16(20)12-4-3-5-14(9-12)22-2/h3-9,16,20H,10H2,1-2H3,(H,19,21). The fraction of sp³-hybridized carbons (Fsp3) is 0.235. The Balaban J connectivity index is 1.99. The van der Waals surface area contributed by atoms with E-state index in [0.717, 1.165) is 5.56 Å². The van der Waals surface area contributed by atoms with Crippen LogP contribution >= 0.6 is 11.6 Å². The Kier molecular flexibility index (Phi) is 5.41. The van der Waals surface area contributed by atoms with Crippen molar-refractivity contribution in [3.63, 3.8) is 0 Å². The van der Waals surface area contributed by atoms with Crippen molar-refractivity contribution in [2.24, 2.45) is 0 Å². The molecule has 0 fully saturated rings. The van der Waals surface area contributed by atoms with Gasteiger partial charge < -0.3 is 15.2 Å². The minimum Gasteiger partial charge on any atom is -0.497 e. The highest BCUT2D eigenvalue weighted by molar-refractivity contribution is 6.31. The zero-order valence-electron chi connectivity index (χ0n) is 12.5. The van der Waals surface area contributed by atoms with Gasteiger partial charge in [0.2, 0.25) is 0 Å². The molecule has 2 N–H and O–H groups in total. The maximum atomic E-state index is 12.1. The Morgan fingerprint density at radius 1 is 1.32 bits per heavy atom. The van der Waals surface area contributed by atoms with Crippen molar-refractivity contribution in [3.8, 4) is 5.75 Å². The number of rotatable bonds is 5. The SMILES string of the molecule is COc1cccc(C(O)CNC(=O)c2ccc(Cl)c(C)c2)c1. The molecule has 0 aliphatic carbocycles. The molecule has 2 aromatic carbocycles. The van der Waals surface area contributed by atoms with Gasteiger partial charge in [-0.3, -0.25) is 4.79 Å². The first-order valence-corrected chi connectivity index (χ1v) is 7.25.